The predicted molar refractivity (Wildman–Crippen MR) is 93.0 cm³/mol. The van der Waals surface area contributed by atoms with Crippen molar-refractivity contribution in [2.24, 2.45) is 0 Å². The first-order valence-corrected chi connectivity index (χ1v) is 8.23. The highest BCUT2D eigenvalue weighted by molar-refractivity contribution is 6.30. The van der Waals surface area contributed by atoms with Crippen LogP contribution in [0, 0.1) is 6.92 Å². The SMILES string of the molecule is Cc1ccc(NC(=O)N2CCC(c3ccc(Cl)cc3)CC2)nc1. The van der Waals surface area contributed by atoms with Gasteiger partial charge < -0.3 is 4.90 Å². The Kier molecular flexibility index (Phi) is 4.82. The second-order valence-electron chi connectivity index (χ2n) is 5.96. The van der Waals surface area contributed by atoms with E-state index in [4.69, 9.17) is 11.6 Å². The lowest BCUT2D eigenvalue weighted by molar-refractivity contribution is 0.194. The summed E-state index contributed by atoms with van der Waals surface area (Å²) >= 11 is 5.94. The molecule has 4 nitrogen and oxygen atoms in total. The number of nitrogens with one attached hydrogen (secondary N) is 1. The average Bonchev–Trinajstić information content (AvgIpc) is 2.58. The highest BCUT2D eigenvalue weighted by Crippen LogP contribution is 2.29. The predicted octanol–water partition coefficient (Wildman–Crippen LogP) is 4.45. The van der Waals surface area contributed by atoms with E-state index in [9.17, 15) is 4.79 Å². The summed E-state index contributed by atoms with van der Waals surface area (Å²) in [6.07, 6.45) is 3.69. The highest BCUT2D eigenvalue weighted by atomic mass is 35.5. The molecular weight excluding hydrogens is 310 g/mol. The quantitative estimate of drug-likeness (QED) is 0.884. The average molecular weight is 330 g/mol. The lowest BCUT2D eigenvalue weighted by atomic mass is 9.90. The van der Waals surface area contributed by atoms with Crippen LogP contribution in [0.3, 0.4) is 0 Å². The fourth-order valence-electron chi connectivity index (χ4n) is 2.88. The number of pyridine rings is 1. The Morgan fingerprint density at radius 2 is 1.87 bits per heavy atom. The first kappa shape index (κ1) is 15.8. The van der Waals surface area contributed by atoms with E-state index in [1.165, 1.54) is 5.56 Å². The fraction of sp³-hybridized carbons (Fsp3) is 0.333. The molecule has 0 bridgehead atoms. The molecule has 1 N–H and O–H groups in total. The summed E-state index contributed by atoms with van der Waals surface area (Å²) < 4.78 is 0. The van der Waals surface area contributed by atoms with Crippen LogP contribution < -0.4 is 5.32 Å². The van der Waals surface area contributed by atoms with Crippen molar-refractivity contribution in [3.8, 4) is 0 Å². The van der Waals surface area contributed by atoms with Crippen LogP contribution in [0.15, 0.2) is 42.6 Å². The minimum atomic E-state index is -0.0732. The van der Waals surface area contributed by atoms with Crippen molar-refractivity contribution in [3.63, 3.8) is 0 Å². The van der Waals surface area contributed by atoms with Crippen LogP contribution in [-0.2, 0) is 0 Å². The van der Waals surface area contributed by atoms with Gasteiger partial charge >= 0.3 is 6.03 Å². The number of amides is 2. The van der Waals surface area contributed by atoms with Crippen LogP contribution in [0.25, 0.3) is 0 Å². The van der Waals surface area contributed by atoms with E-state index in [1.54, 1.807) is 6.20 Å². The van der Waals surface area contributed by atoms with Crippen LogP contribution >= 0.6 is 11.6 Å². The summed E-state index contributed by atoms with van der Waals surface area (Å²) in [6.45, 7) is 3.48. The molecule has 2 heterocycles. The van der Waals surface area contributed by atoms with Crippen LogP contribution in [0.4, 0.5) is 10.6 Å². The van der Waals surface area contributed by atoms with Crippen molar-refractivity contribution in [1.82, 2.24) is 9.88 Å². The Bertz CT molecular complexity index is 662. The van der Waals surface area contributed by atoms with Crippen LogP contribution in [0.5, 0.6) is 0 Å². The molecule has 1 aliphatic heterocycles. The number of carbonyl (C=O) groups is 1. The maximum Gasteiger partial charge on any atom is 0.323 e. The number of hydrogen-bond donors (Lipinski definition) is 1. The molecule has 3 rings (SSSR count). The van der Waals surface area contributed by atoms with Crippen LogP contribution in [-0.4, -0.2) is 29.0 Å². The van der Waals surface area contributed by atoms with E-state index in [-0.39, 0.29) is 6.03 Å². The van der Waals surface area contributed by atoms with Crippen molar-refractivity contribution in [3.05, 3.63) is 58.7 Å². The molecule has 1 aliphatic rings. The van der Waals surface area contributed by atoms with E-state index in [0.717, 1.165) is 36.5 Å². The van der Waals surface area contributed by atoms with Gasteiger partial charge in [0.05, 0.1) is 0 Å². The Hall–Kier alpha value is -2.07. The van der Waals surface area contributed by atoms with Gasteiger partial charge in [0.2, 0.25) is 0 Å². The number of urea groups is 1. The van der Waals surface area contributed by atoms with Gasteiger partial charge in [-0.2, -0.15) is 0 Å². The number of carbonyl (C=O) groups excluding carboxylic acids is 1. The fourth-order valence-corrected chi connectivity index (χ4v) is 3.01. The van der Waals surface area contributed by atoms with Crippen molar-refractivity contribution in [2.45, 2.75) is 25.7 Å². The van der Waals surface area contributed by atoms with Crippen molar-refractivity contribution in [2.75, 3.05) is 18.4 Å². The molecule has 1 aromatic carbocycles. The Morgan fingerprint density at radius 3 is 2.48 bits per heavy atom. The molecule has 2 aromatic rings. The number of halogens is 1. The second kappa shape index (κ2) is 7.01. The van der Waals surface area contributed by atoms with E-state index < -0.39 is 0 Å². The van der Waals surface area contributed by atoms with E-state index in [1.807, 2.05) is 36.1 Å². The largest absolute Gasteiger partial charge is 0.324 e. The molecular formula is C18H20ClN3O. The minimum absolute atomic E-state index is 0.0732. The van der Waals surface area contributed by atoms with Gasteiger partial charge in [-0.05, 0) is 55.0 Å². The van der Waals surface area contributed by atoms with Gasteiger partial charge in [0, 0.05) is 24.3 Å². The smallest absolute Gasteiger partial charge is 0.323 e. The third-order valence-electron chi connectivity index (χ3n) is 4.27. The molecule has 23 heavy (non-hydrogen) atoms. The van der Waals surface area contributed by atoms with Crippen molar-refractivity contribution in [1.29, 1.82) is 0 Å². The van der Waals surface area contributed by atoms with Gasteiger partial charge in [0.15, 0.2) is 0 Å². The summed E-state index contributed by atoms with van der Waals surface area (Å²) in [5, 5.41) is 3.62. The van der Waals surface area contributed by atoms with Gasteiger partial charge in [-0.25, -0.2) is 9.78 Å². The monoisotopic (exact) mass is 329 g/mol. The Labute approximate surface area is 141 Å². The minimum Gasteiger partial charge on any atom is -0.324 e. The number of rotatable bonds is 2. The molecule has 1 fully saturated rings. The first-order valence-electron chi connectivity index (χ1n) is 7.86. The summed E-state index contributed by atoms with van der Waals surface area (Å²) in [5.41, 5.74) is 2.38. The zero-order chi connectivity index (χ0) is 16.2. The highest BCUT2D eigenvalue weighted by Gasteiger charge is 2.23. The number of aryl methyl sites for hydroxylation is 1. The summed E-state index contributed by atoms with van der Waals surface area (Å²) in [5.74, 6) is 1.09. The molecule has 0 spiro atoms. The lowest BCUT2D eigenvalue weighted by Gasteiger charge is -2.32. The number of piperidine rings is 1. The number of benzene rings is 1. The zero-order valence-corrected chi connectivity index (χ0v) is 13.9. The number of nitrogens with zero attached hydrogens (tertiary/aromatic N) is 2. The molecule has 0 saturated carbocycles. The van der Waals surface area contributed by atoms with Gasteiger partial charge in [-0.15, -0.1) is 0 Å². The molecule has 0 unspecified atom stereocenters. The number of hydrogen-bond acceptors (Lipinski definition) is 2. The van der Waals surface area contributed by atoms with Gasteiger partial charge in [-0.1, -0.05) is 29.8 Å². The van der Waals surface area contributed by atoms with Gasteiger partial charge in [-0.3, -0.25) is 5.32 Å². The molecule has 1 saturated heterocycles. The van der Waals surface area contributed by atoms with E-state index in [0.29, 0.717) is 11.7 Å². The molecule has 1 aromatic heterocycles. The molecule has 0 atom stereocenters. The molecule has 0 radical (unpaired) electrons. The third-order valence-corrected chi connectivity index (χ3v) is 4.52. The Morgan fingerprint density at radius 1 is 1.17 bits per heavy atom. The lowest BCUT2D eigenvalue weighted by Crippen LogP contribution is -2.40. The van der Waals surface area contributed by atoms with Crippen LogP contribution in [0.1, 0.15) is 29.9 Å². The zero-order valence-electron chi connectivity index (χ0n) is 13.1. The molecule has 120 valence electrons. The van der Waals surface area contributed by atoms with Gasteiger partial charge in [0.1, 0.15) is 5.82 Å². The summed E-state index contributed by atoms with van der Waals surface area (Å²) in [6, 6.07) is 11.7. The van der Waals surface area contributed by atoms with Crippen LogP contribution in [0.2, 0.25) is 5.02 Å². The summed E-state index contributed by atoms with van der Waals surface area (Å²) in [4.78, 5) is 18.4. The second-order valence-corrected chi connectivity index (χ2v) is 6.40. The van der Waals surface area contributed by atoms with E-state index in [2.05, 4.69) is 22.4 Å². The first-order chi connectivity index (χ1) is 11.1. The van der Waals surface area contributed by atoms with Crippen molar-refractivity contribution < 1.29 is 4.79 Å². The third kappa shape index (κ3) is 4.02. The van der Waals surface area contributed by atoms with E-state index >= 15 is 0 Å². The molecule has 5 heteroatoms. The maximum atomic E-state index is 12.3. The maximum absolute atomic E-state index is 12.3. The topological polar surface area (TPSA) is 45.2 Å². The number of anilines is 1. The summed E-state index contributed by atoms with van der Waals surface area (Å²) in [7, 11) is 0. The normalized spacial score (nSPS) is 15.5. The standard InChI is InChI=1S/C18H20ClN3O/c1-13-2-7-17(20-12-13)21-18(23)22-10-8-15(9-11-22)14-3-5-16(19)6-4-14/h2-7,12,15H,8-11H2,1H3,(H,20,21,23). The molecule has 2 amide bonds. The number of likely N-dealkylation sites (tertiary alicyclic amines) is 1. The molecule has 0 aliphatic carbocycles. The van der Waals surface area contributed by atoms with Gasteiger partial charge in [0.25, 0.3) is 0 Å². The number of aromatic nitrogens is 1. The van der Waals surface area contributed by atoms with Crippen molar-refractivity contribution >= 4 is 23.4 Å². The Balaban J connectivity index is 1.54.